The van der Waals surface area contributed by atoms with Gasteiger partial charge in [-0.3, -0.25) is 4.79 Å². The first-order chi connectivity index (χ1) is 17.6. The number of ether oxygens (including phenoxy) is 2. The van der Waals surface area contributed by atoms with Crippen LogP contribution in [0, 0.1) is 0 Å². The SMILES string of the molecule is CCCCCN(C(=O)OC(C)(C)C)c1nc(N(C)Cc2ccccc2)c2ncn(CC(=O)OCC)c2n1. The molecular formula is C27H38N6O4. The molecule has 37 heavy (non-hydrogen) atoms. The molecule has 0 radical (unpaired) electrons. The average Bonchev–Trinajstić information content (AvgIpc) is 3.23. The number of carbonyl (C=O) groups excluding carboxylic acids is 2. The van der Waals surface area contributed by atoms with Gasteiger partial charge in [-0.15, -0.1) is 0 Å². The summed E-state index contributed by atoms with van der Waals surface area (Å²) in [5.41, 5.74) is 1.39. The number of carbonyl (C=O) groups is 2. The van der Waals surface area contributed by atoms with Gasteiger partial charge in [-0.25, -0.2) is 14.7 Å². The largest absolute Gasteiger partial charge is 0.465 e. The van der Waals surface area contributed by atoms with Crippen LogP contribution in [0.4, 0.5) is 16.6 Å². The minimum Gasteiger partial charge on any atom is -0.465 e. The van der Waals surface area contributed by atoms with Crippen LogP contribution < -0.4 is 9.80 Å². The molecule has 1 amide bonds. The van der Waals surface area contributed by atoms with Gasteiger partial charge in [0.2, 0.25) is 5.95 Å². The highest BCUT2D eigenvalue weighted by Crippen LogP contribution is 2.27. The lowest BCUT2D eigenvalue weighted by atomic mass is 10.2. The number of hydrogen-bond acceptors (Lipinski definition) is 8. The van der Waals surface area contributed by atoms with Crippen LogP contribution in [0.1, 0.15) is 59.4 Å². The lowest BCUT2D eigenvalue weighted by molar-refractivity contribution is -0.143. The van der Waals surface area contributed by atoms with Crippen LogP contribution in [0.5, 0.6) is 0 Å². The van der Waals surface area contributed by atoms with Crippen LogP contribution in [-0.2, 0) is 27.4 Å². The van der Waals surface area contributed by atoms with Gasteiger partial charge in [-0.05, 0) is 39.7 Å². The van der Waals surface area contributed by atoms with E-state index in [1.165, 1.54) is 4.90 Å². The summed E-state index contributed by atoms with van der Waals surface area (Å²) in [5.74, 6) is 0.363. The number of anilines is 2. The molecule has 0 N–H and O–H groups in total. The maximum atomic E-state index is 13.3. The van der Waals surface area contributed by atoms with Crippen molar-refractivity contribution >= 4 is 35.0 Å². The summed E-state index contributed by atoms with van der Waals surface area (Å²) in [5, 5.41) is 0. The Morgan fingerprint density at radius 1 is 1.05 bits per heavy atom. The van der Waals surface area contributed by atoms with Crippen molar-refractivity contribution in [2.75, 3.05) is 30.0 Å². The number of fused-ring (bicyclic) bond motifs is 1. The van der Waals surface area contributed by atoms with Gasteiger partial charge in [0.15, 0.2) is 17.0 Å². The molecule has 0 saturated carbocycles. The maximum Gasteiger partial charge on any atom is 0.417 e. The maximum absolute atomic E-state index is 13.3. The zero-order valence-corrected chi connectivity index (χ0v) is 22.7. The van der Waals surface area contributed by atoms with E-state index in [1.54, 1.807) is 17.8 Å². The molecule has 1 aromatic carbocycles. The number of rotatable bonds is 11. The van der Waals surface area contributed by atoms with Gasteiger partial charge >= 0.3 is 12.1 Å². The number of benzene rings is 1. The number of hydrogen-bond donors (Lipinski definition) is 0. The Morgan fingerprint density at radius 3 is 2.43 bits per heavy atom. The third-order valence-corrected chi connectivity index (χ3v) is 5.50. The molecule has 3 aromatic rings. The van der Waals surface area contributed by atoms with Crippen molar-refractivity contribution in [2.24, 2.45) is 0 Å². The number of amides is 1. The highest BCUT2D eigenvalue weighted by atomic mass is 16.6. The molecular weight excluding hydrogens is 472 g/mol. The van der Waals surface area contributed by atoms with E-state index >= 15 is 0 Å². The van der Waals surface area contributed by atoms with E-state index in [-0.39, 0.29) is 19.1 Å². The topological polar surface area (TPSA) is 103 Å². The van der Waals surface area contributed by atoms with Crippen LogP contribution in [0.2, 0.25) is 0 Å². The summed E-state index contributed by atoms with van der Waals surface area (Å²) in [6.07, 6.45) is 3.75. The predicted molar refractivity (Wildman–Crippen MR) is 144 cm³/mol. The molecule has 10 heteroatoms. The molecule has 0 saturated heterocycles. The molecule has 0 spiro atoms. The summed E-state index contributed by atoms with van der Waals surface area (Å²) >= 11 is 0. The molecule has 0 unspecified atom stereocenters. The number of unbranched alkanes of at least 4 members (excludes halogenated alkanes) is 2. The van der Waals surface area contributed by atoms with Crippen molar-refractivity contribution in [2.45, 2.75) is 72.6 Å². The number of imidazole rings is 1. The second-order valence-corrected chi connectivity index (χ2v) is 9.88. The van der Waals surface area contributed by atoms with E-state index in [0.29, 0.717) is 30.1 Å². The molecule has 2 aromatic heterocycles. The molecule has 3 rings (SSSR count). The Kier molecular flexibility index (Phi) is 9.43. The fourth-order valence-corrected chi connectivity index (χ4v) is 3.81. The van der Waals surface area contributed by atoms with E-state index in [9.17, 15) is 9.59 Å². The van der Waals surface area contributed by atoms with E-state index in [4.69, 9.17) is 19.4 Å². The van der Waals surface area contributed by atoms with Gasteiger partial charge in [0.05, 0.1) is 12.9 Å². The third kappa shape index (κ3) is 7.65. The van der Waals surface area contributed by atoms with E-state index in [2.05, 4.69) is 11.9 Å². The molecule has 0 aliphatic heterocycles. The highest BCUT2D eigenvalue weighted by Gasteiger charge is 2.28. The van der Waals surface area contributed by atoms with Gasteiger partial charge < -0.3 is 18.9 Å². The molecule has 2 heterocycles. The van der Waals surface area contributed by atoms with Crippen molar-refractivity contribution in [3.8, 4) is 0 Å². The number of aromatic nitrogens is 4. The normalized spacial score (nSPS) is 11.4. The summed E-state index contributed by atoms with van der Waals surface area (Å²) < 4.78 is 12.5. The summed E-state index contributed by atoms with van der Waals surface area (Å²) in [4.78, 5) is 43.0. The van der Waals surface area contributed by atoms with Crippen molar-refractivity contribution in [3.63, 3.8) is 0 Å². The first kappa shape index (κ1) is 27.9. The molecule has 0 aliphatic rings. The second-order valence-electron chi connectivity index (χ2n) is 9.88. The standard InChI is InChI=1S/C27H38N6O4/c1-7-9-13-16-33(26(35)37-27(3,4)5)25-29-23(31(6)17-20-14-11-10-12-15-20)22-24(30-25)32(19-28-22)18-21(34)36-8-2/h10-12,14-15,19H,7-9,13,16-18H2,1-6H3. The Morgan fingerprint density at radius 2 is 1.78 bits per heavy atom. The van der Waals surface area contributed by atoms with Crippen LogP contribution in [0.3, 0.4) is 0 Å². The lowest BCUT2D eigenvalue weighted by Gasteiger charge is -2.27. The molecule has 0 bridgehead atoms. The smallest absolute Gasteiger partial charge is 0.417 e. The summed E-state index contributed by atoms with van der Waals surface area (Å²) in [7, 11) is 1.91. The number of esters is 1. The minimum atomic E-state index is -0.678. The molecule has 10 nitrogen and oxygen atoms in total. The lowest BCUT2D eigenvalue weighted by Crippen LogP contribution is -2.39. The average molecular weight is 511 g/mol. The fraction of sp³-hybridized carbons (Fsp3) is 0.519. The van der Waals surface area contributed by atoms with Gasteiger partial charge in [-0.1, -0.05) is 50.1 Å². The van der Waals surface area contributed by atoms with Gasteiger partial charge in [0.1, 0.15) is 12.1 Å². The number of nitrogens with zero attached hydrogens (tertiary/aromatic N) is 6. The summed E-state index contributed by atoms with van der Waals surface area (Å²) in [6, 6.07) is 10.0. The Bertz CT molecular complexity index is 1190. The van der Waals surface area contributed by atoms with E-state index in [1.807, 2.05) is 63.1 Å². The predicted octanol–water partition coefficient (Wildman–Crippen LogP) is 4.96. The van der Waals surface area contributed by atoms with Crippen LogP contribution in [0.15, 0.2) is 36.7 Å². The second kappa shape index (κ2) is 12.5. The van der Waals surface area contributed by atoms with Gasteiger partial charge in [0, 0.05) is 20.1 Å². The van der Waals surface area contributed by atoms with Crippen LogP contribution in [0.25, 0.3) is 11.2 Å². The van der Waals surface area contributed by atoms with E-state index in [0.717, 1.165) is 24.8 Å². The van der Waals surface area contributed by atoms with Gasteiger partial charge in [-0.2, -0.15) is 9.97 Å². The quantitative estimate of drug-likeness (QED) is 0.263. The molecule has 0 fully saturated rings. The summed E-state index contributed by atoms with van der Waals surface area (Å²) in [6.45, 7) is 10.5. The Hall–Kier alpha value is -3.69. The van der Waals surface area contributed by atoms with Gasteiger partial charge in [0.25, 0.3) is 0 Å². The highest BCUT2D eigenvalue weighted by molar-refractivity contribution is 5.90. The molecule has 0 aliphatic carbocycles. The minimum absolute atomic E-state index is 0.0507. The zero-order chi connectivity index (χ0) is 27.0. The third-order valence-electron chi connectivity index (χ3n) is 5.50. The monoisotopic (exact) mass is 510 g/mol. The Labute approximate surface area is 218 Å². The molecule has 200 valence electrons. The van der Waals surface area contributed by atoms with Crippen molar-refractivity contribution in [1.82, 2.24) is 19.5 Å². The first-order valence-electron chi connectivity index (χ1n) is 12.8. The van der Waals surface area contributed by atoms with Crippen LogP contribution in [-0.4, -0.2) is 57.4 Å². The van der Waals surface area contributed by atoms with Crippen LogP contribution >= 0.6 is 0 Å². The molecule has 0 atom stereocenters. The van der Waals surface area contributed by atoms with E-state index < -0.39 is 17.7 Å². The van der Waals surface area contributed by atoms with Crippen molar-refractivity contribution in [1.29, 1.82) is 0 Å². The fourth-order valence-electron chi connectivity index (χ4n) is 3.81. The van der Waals surface area contributed by atoms with Crippen molar-refractivity contribution in [3.05, 3.63) is 42.2 Å². The van der Waals surface area contributed by atoms with Crippen molar-refractivity contribution < 1.29 is 19.1 Å². The zero-order valence-electron chi connectivity index (χ0n) is 22.7. The Balaban J connectivity index is 2.10. The first-order valence-corrected chi connectivity index (χ1v) is 12.8.